The van der Waals surface area contributed by atoms with Gasteiger partial charge in [0, 0.05) is 18.0 Å². The van der Waals surface area contributed by atoms with Gasteiger partial charge in [-0.25, -0.2) is 4.79 Å². The van der Waals surface area contributed by atoms with Gasteiger partial charge >= 0.3 is 6.03 Å². The van der Waals surface area contributed by atoms with Crippen LogP contribution in [0.1, 0.15) is 26.2 Å². The Bertz CT molecular complexity index is 659. The molecule has 0 radical (unpaired) electrons. The minimum Gasteiger partial charge on any atom is -0.321 e. The normalized spacial score (nSPS) is 15.5. The number of hydrogen-bond acceptors (Lipinski definition) is 2. The molecule has 0 unspecified atom stereocenters. The van der Waals surface area contributed by atoms with E-state index in [9.17, 15) is 4.79 Å². The fourth-order valence-electron chi connectivity index (χ4n) is 3.33. The summed E-state index contributed by atoms with van der Waals surface area (Å²) in [5.41, 5.74) is 0.892. The molecular weight excluding hydrogens is 286 g/mol. The smallest absolute Gasteiger partial charge is 0.321 e. The fraction of sp³-hybridized carbons (Fsp3) is 0.421. The van der Waals surface area contributed by atoms with E-state index in [1.807, 2.05) is 29.2 Å². The monoisotopic (exact) mass is 311 g/mol. The minimum atomic E-state index is 0.0232. The second-order valence-corrected chi connectivity index (χ2v) is 6.13. The molecule has 4 nitrogen and oxygen atoms in total. The number of piperidine rings is 1. The topological polar surface area (TPSA) is 44.4 Å². The first-order valence-electron chi connectivity index (χ1n) is 8.55. The standard InChI is InChI=1S/C19H25N3O/c1-2-14-22(16-10-12-20-13-11-16)19(23)21-18-9-5-7-15-6-3-4-8-17(15)18/h3-9,16,20H,2,10-14H2,1H3,(H,21,23). The predicted molar refractivity (Wildman–Crippen MR) is 95.9 cm³/mol. The lowest BCUT2D eigenvalue weighted by molar-refractivity contribution is 0.171. The molecule has 4 heteroatoms. The van der Waals surface area contributed by atoms with Gasteiger partial charge in [0.2, 0.25) is 0 Å². The highest BCUT2D eigenvalue weighted by Gasteiger charge is 2.24. The number of hydrogen-bond donors (Lipinski definition) is 2. The van der Waals surface area contributed by atoms with Crippen molar-refractivity contribution in [2.24, 2.45) is 0 Å². The van der Waals surface area contributed by atoms with E-state index in [1.54, 1.807) is 0 Å². The molecule has 1 saturated heterocycles. The maximum Gasteiger partial charge on any atom is 0.322 e. The first-order valence-corrected chi connectivity index (χ1v) is 8.55. The van der Waals surface area contributed by atoms with Gasteiger partial charge in [-0.3, -0.25) is 0 Å². The van der Waals surface area contributed by atoms with Crippen molar-refractivity contribution in [1.29, 1.82) is 0 Å². The Kier molecular flexibility index (Phi) is 5.13. The van der Waals surface area contributed by atoms with Gasteiger partial charge in [0.25, 0.3) is 0 Å². The number of anilines is 1. The van der Waals surface area contributed by atoms with Crippen LogP contribution in [0.15, 0.2) is 42.5 Å². The molecule has 0 bridgehead atoms. The van der Waals surface area contributed by atoms with Gasteiger partial charge in [0.15, 0.2) is 0 Å². The SMILES string of the molecule is CCCN(C(=O)Nc1cccc2ccccc12)C1CCNCC1. The van der Waals surface area contributed by atoms with Crippen LogP contribution in [0.4, 0.5) is 10.5 Å². The third-order valence-corrected chi connectivity index (χ3v) is 4.51. The maximum absolute atomic E-state index is 12.8. The van der Waals surface area contributed by atoms with Crippen molar-refractivity contribution in [2.45, 2.75) is 32.2 Å². The summed E-state index contributed by atoms with van der Waals surface area (Å²) in [4.78, 5) is 14.9. The lowest BCUT2D eigenvalue weighted by atomic mass is 10.0. The number of benzene rings is 2. The zero-order chi connectivity index (χ0) is 16.1. The van der Waals surface area contributed by atoms with Crippen LogP contribution >= 0.6 is 0 Å². The van der Waals surface area contributed by atoms with Crippen molar-refractivity contribution in [3.8, 4) is 0 Å². The highest BCUT2D eigenvalue weighted by Crippen LogP contribution is 2.24. The zero-order valence-electron chi connectivity index (χ0n) is 13.7. The summed E-state index contributed by atoms with van der Waals surface area (Å²) in [6.07, 6.45) is 3.04. The Morgan fingerprint density at radius 1 is 1.17 bits per heavy atom. The van der Waals surface area contributed by atoms with Crippen LogP contribution in [0, 0.1) is 0 Å². The van der Waals surface area contributed by atoms with Crippen molar-refractivity contribution in [3.63, 3.8) is 0 Å². The molecule has 1 aliphatic rings. The molecular formula is C19H25N3O. The highest BCUT2D eigenvalue weighted by molar-refractivity contribution is 6.01. The molecule has 1 aliphatic heterocycles. The van der Waals surface area contributed by atoms with Crippen LogP contribution in [0.5, 0.6) is 0 Å². The number of fused-ring (bicyclic) bond motifs is 1. The molecule has 1 fully saturated rings. The van der Waals surface area contributed by atoms with Crippen molar-refractivity contribution in [3.05, 3.63) is 42.5 Å². The van der Waals surface area contributed by atoms with E-state index < -0.39 is 0 Å². The largest absolute Gasteiger partial charge is 0.322 e. The summed E-state index contributed by atoms with van der Waals surface area (Å²) < 4.78 is 0. The quantitative estimate of drug-likeness (QED) is 0.901. The second kappa shape index (κ2) is 7.47. The van der Waals surface area contributed by atoms with E-state index in [2.05, 4.69) is 35.8 Å². The van der Waals surface area contributed by atoms with E-state index in [4.69, 9.17) is 0 Å². The minimum absolute atomic E-state index is 0.0232. The van der Waals surface area contributed by atoms with E-state index in [0.717, 1.165) is 55.4 Å². The number of amides is 2. The van der Waals surface area contributed by atoms with Gasteiger partial charge in [0.1, 0.15) is 0 Å². The van der Waals surface area contributed by atoms with Crippen LogP contribution < -0.4 is 10.6 Å². The lowest BCUT2D eigenvalue weighted by Crippen LogP contribution is -2.48. The molecule has 0 atom stereocenters. The molecule has 2 aromatic carbocycles. The van der Waals surface area contributed by atoms with Gasteiger partial charge in [-0.05, 0) is 43.8 Å². The first-order chi connectivity index (χ1) is 11.3. The average molecular weight is 311 g/mol. The van der Waals surface area contributed by atoms with Gasteiger partial charge in [-0.2, -0.15) is 0 Å². The van der Waals surface area contributed by atoms with Gasteiger partial charge < -0.3 is 15.5 Å². The Labute approximate surface area is 137 Å². The molecule has 0 aromatic heterocycles. The summed E-state index contributed by atoms with van der Waals surface area (Å²) in [6, 6.07) is 14.6. The summed E-state index contributed by atoms with van der Waals surface area (Å²) >= 11 is 0. The van der Waals surface area contributed by atoms with Crippen molar-refractivity contribution in [1.82, 2.24) is 10.2 Å². The summed E-state index contributed by atoms with van der Waals surface area (Å²) in [7, 11) is 0. The number of nitrogens with one attached hydrogen (secondary N) is 2. The van der Waals surface area contributed by atoms with Crippen molar-refractivity contribution >= 4 is 22.5 Å². The second-order valence-electron chi connectivity index (χ2n) is 6.13. The van der Waals surface area contributed by atoms with Gasteiger partial charge in [-0.1, -0.05) is 43.3 Å². The zero-order valence-corrected chi connectivity index (χ0v) is 13.7. The first kappa shape index (κ1) is 15.8. The number of rotatable bonds is 4. The van der Waals surface area contributed by atoms with Crippen LogP contribution in [0.3, 0.4) is 0 Å². The molecule has 0 saturated carbocycles. The number of urea groups is 1. The summed E-state index contributed by atoms with van der Waals surface area (Å²) in [5, 5.41) is 8.74. The maximum atomic E-state index is 12.8. The third kappa shape index (κ3) is 3.64. The van der Waals surface area contributed by atoms with Crippen molar-refractivity contribution < 1.29 is 4.79 Å². The van der Waals surface area contributed by atoms with E-state index >= 15 is 0 Å². The summed E-state index contributed by atoms with van der Waals surface area (Å²) in [5.74, 6) is 0. The Morgan fingerprint density at radius 2 is 1.91 bits per heavy atom. The number of nitrogens with zero attached hydrogens (tertiary/aromatic N) is 1. The molecule has 0 spiro atoms. The average Bonchev–Trinajstić information content (AvgIpc) is 2.60. The van der Waals surface area contributed by atoms with Crippen LogP contribution in [-0.4, -0.2) is 36.6 Å². The van der Waals surface area contributed by atoms with E-state index in [0.29, 0.717) is 6.04 Å². The molecule has 1 heterocycles. The number of carbonyl (C=O) groups excluding carboxylic acids is 1. The number of carbonyl (C=O) groups is 1. The van der Waals surface area contributed by atoms with Crippen LogP contribution in [0.2, 0.25) is 0 Å². The van der Waals surface area contributed by atoms with Crippen molar-refractivity contribution in [2.75, 3.05) is 25.0 Å². The lowest BCUT2D eigenvalue weighted by Gasteiger charge is -2.34. The Morgan fingerprint density at radius 3 is 2.70 bits per heavy atom. The predicted octanol–water partition coefficient (Wildman–Crippen LogP) is 3.84. The van der Waals surface area contributed by atoms with Gasteiger partial charge in [-0.15, -0.1) is 0 Å². The molecule has 2 N–H and O–H groups in total. The molecule has 23 heavy (non-hydrogen) atoms. The van der Waals surface area contributed by atoms with E-state index in [-0.39, 0.29) is 6.03 Å². The van der Waals surface area contributed by atoms with Gasteiger partial charge in [0.05, 0.1) is 5.69 Å². The molecule has 0 aliphatic carbocycles. The Hall–Kier alpha value is -2.07. The molecule has 3 rings (SSSR count). The molecule has 122 valence electrons. The Balaban J connectivity index is 1.80. The summed E-state index contributed by atoms with van der Waals surface area (Å²) in [6.45, 7) is 4.92. The third-order valence-electron chi connectivity index (χ3n) is 4.51. The molecule has 2 amide bonds. The van der Waals surface area contributed by atoms with Crippen LogP contribution in [-0.2, 0) is 0 Å². The molecule has 2 aromatic rings. The van der Waals surface area contributed by atoms with E-state index in [1.165, 1.54) is 0 Å². The highest BCUT2D eigenvalue weighted by atomic mass is 16.2. The fourth-order valence-corrected chi connectivity index (χ4v) is 3.33. The van der Waals surface area contributed by atoms with Crippen LogP contribution in [0.25, 0.3) is 10.8 Å².